The zero-order valence-corrected chi connectivity index (χ0v) is 36.7. The highest BCUT2D eigenvalue weighted by Crippen LogP contribution is 2.58. The first-order valence-electron chi connectivity index (χ1n) is 23.1. The molecule has 0 spiro atoms. The molecule has 0 aliphatic heterocycles. The third kappa shape index (κ3) is 6.18. The molecule has 0 N–H and O–H groups in total. The van der Waals surface area contributed by atoms with Gasteiger partial charge in [0, 0.05) is 22.3 Å². The highest BCUT2D eigenvalue weighted by molar-refractivity contribution is 6.17. The smallest absolute Gasteiger partial charge is 0.145 e. The van der Waals surface area contributed by atoms with Crippen LogP contribution in [0.25, 0.3) is 77.2 Å². The van der Waals surface area contributed by atoms with Gasteiger partial charge in [-0.05, 0) is 121 Å². The monoisotopic (exact) mass is 853 g/mol. The highest BCUT2D eigenvalue weighted by Gasteiger charge is 2.46. The van der Waals surface area contributed by atoms with Crippen LogP contribution in [0.2, 0.25) is 0 Å². The summed E-state index contributed by atoms with van der Waals surface area (Å²) in [5.41, 5.74) is 18.8. The van der Waals surface area contributed by atoms with E-state index in [1.54, 1.807) is 0 Å². The Morgan fingerprint density at radius 3 is 1.69 bits per heavy atom. The number of hydrogen-bond acceptors (Lipinski definition) is 2. The molecule has 2 heteroatoms. The van der Waals surface area contributed by atoms with Crippen LogP contribution in [0.5, 0.6) is 0 Å². The minimum atomic E-state index is -0.552. The molecule has 1 aliphatic carbocycles. The average molecular weight is 854 g/mol. The topological polar surface area (TPSA) is 16.4 Å². The number of rotatable bonds is 8. The third-order valence-corrected chi connectivity index (χ3v) is 14.0. The normalized spacial score (nSPS) is 12.6. The molecule has 11 aromatic carbocycles. The molecule has 0 saturated heterocycles. The van der Waals surface area contributed by atoms with Gasteiger partial charge in [0.2, 0.25) is 0 Å². The highest BCUT2D eigenvalue weighted by atomic mass is 16.3. The van der Waals surface area contributed by atoms with E-state index in [0.717, 1.165) is 55.7 Å². The van der Waals surface area contributed by atoms with Crippen LogP contribution in [0, 0.1) is 0 Å². The first kappa shape index (κ1) is 38.7. The Hall–Kier alpha value is -8.72. The first-order valence-corrected chi connectivity index (χ1v) is 23.1. The molecule has 0 bridgehead atoms. The van der Waals surface area contributed by atoms with Crippen LogP contribution in [0.4, 0.5) is 17.1 Å². The maximum absolute atomic E-state index is 6.89. The number of fused-ring (bicyclic) bond motifs is 7. The van der Waals surface area contributed by atoms with Gasteiger partial charge in [-0.1, -0.05) is 212 Å². The number of anilines is 3. The van der Waals surface area contributed by atoms with E-state index < -0.39 is 5.41 Å². The molecule has 12 aromatic rings. The van der Waals surface area contributed by atoms with E-state index in [1.807, 2.05) is 0 Å². The molecule has 0 radical (unpaired) electrons. The molecule has 1 aromatic heterocycles. The van der Waals surface area contributed by atoms with Gasteiger partial charge in [0.25, 0.3) is 0 Å². The molecular weight excluding hydrogens is 811 g/mol. The van der Waals surface area contributed by atoms with Gasteiger partial charge in [-0.2, -0.15) is 0 Å². The quantitative estimate of drug-likeness (QED) is 0.151. The van der Waals surface area contributed by atoms with E-state index in [9.17, 15) is 0 Å². The number of benzene rings is 11. The molecule has 13 rings (SSSR count). The molecule has 1 aliphatic rings. The summed E-state index contributed by atoms with van der Waals surface area (Å²) in [7, 11) is 0. The number of nitrogens with zero attached hydrogens (tertiary/aromatic N) is 1. The predicted octanol–water partition coefficient (Wildman–Crippen LogP) is 17.6. The summed E-state index contributed by atoms with van der Waals surface area (Å²) in [4.78, 5) is 2.44. The molecule has 2 nitrogen and oxygen atoms in total. The zero-order valence-electron chi connectivity index (χ0n) is 36.7. The van der Waals surface area contributed by atoms with E-state index in [4.69, 9.17) is 4.42 Å². The average Bonchev–Trinajstić information content (AvgIpc) is 3.94. The lowest BCUT2D eigenvalue weighted by atomic mass is 9.67. The Balaban J connectivity index is 1.04. The van der Waals surface area contributed by atoms with Crippen molar-refractivity contribution in [3.05, 3.63) is 283 Å². The molecule has 0 atom stereocenters. The molecule has 0 saturated carbocycles. The van der Waals surface area contributed by atoms with E-state index in [2.05, 4.69) is 266 Å². The van der Waals surface area contributed by atoms with Gasteiger partial charge in [-0.15, -0.1) is 0 Å². The Morgan fingerprint density at radius 1 is 0.328 bits per heavy atom. The maximum Gasteiger partial charge on any atom is 0.145 e. The van der Waals surface area contributed by atoms with Crippen LogP contribution in [-0.2, 0) is 5.41 Å². The van der Waals surface area contributed by atoms with Crippen molar-refractivity contribution in [2.24, 2.45) is 0 Å². The van der Waals surface area contributed by atoms with E-state index in [1.165, 1.54) is 60.8 Å². The van der Waals surface area contributed by atoms with Crippen molar-refractivity contribution in [3.8, 4) is 44.5 Å². The van der Waals surface area contributed by atoms with Gasteiger partial charge in [0.05, 0.1) is 16.5 Å². The predicted molar refractivity (Wildman–Crippen MR) is 280 cm³/mol. The second-order valence-corrected chi connectivity index (χ2v) is 17.5. The van der Waals surface area contributed by atoms with Crippen LogP contribution in [-0.4, -0.2) is 0 Å². The summed E-state index contributed by atoms with van der Waals surface area (Å²) >= 11 is 0. The van der Waals surface area contributed by atoms with Crippen molar-refractivity contribution in [1.82, 2.24) is 0 Å². The summed E-state index contributed by atoms with van der Waals surface area (Å²) in [5, 5.41) is 4.65. The van der Waals surface area contributed by atoms with E-state index in [0.29, 0.717) is 0 Å². The lowest BCUT2D eigenvalue weighted by Gasteiger charge is -2.35. The van der Waals surface area contributed by atoms with Crippen molar-refractivity contribution in [3.63, 3.8) is 0 Å². The molecule has 0 fully saturated rings. The largest absolute Gasteiger partial charge is 0.455 e. The van der Waals surface area contributed by atoms with Gasteiger partial charge < -0.3 is 9.32 Å². The number of para-hydroxylation sites is 1. The van der Waals surface area contributed by atoms with Crippen LogP contribution < -0.4 is 4.90 Å². The van der Waals surface area contributed by atoms with Gasteiger partial charge in [-0.25, -0.2) is 0 Å². The summed E-state index contributed by atoms with van der Waals surface area (Å²) in [6.07, 6.45) is 0. The van der Waals surface area contributed by atoms with Crippen LogP contribution in [0.15, 0.2) is 265 Å². The lowest BCUT2D eigenvalue weighted by Crippen LogP contribution is -2.28. The lowest BCUT2D eigenvalue weighted by molar-refractivity contribution is 0.670. The van der Waals surface area contributed by atoms with Crippen molar-refractivity contribution in [2.75, 3.05) is 4.90 Å². The molecule has 67 heavy (non-hydrogen) atoms. The molecule has 314 valence electrons. The summed E-state index contributed by atoms with van der Waals surface area (Å²) in [5.74, 6) is 0. The minimum Gasteiger partial charge on any atom is -0.455 e. The maximum atomic E-state index is 6.89. The fourth-order valence-corrected chi connectivity index (χ4v) is 11.0. The number of furan rings is 1. The van der Waals surface area contributed by atoms with Crippen LogP contribution in [0.3, 0.4) is 0 Å². The van der Waals surface area contributed by atoms with E-state index >= 15 is 0 Å². The molecule has 0 amide bonds. The Kier molecular flexibility index (Phi) is 9.11. The van der Waals surface area contributed by atoms with Crippen molar-refractivity contribution in [2.45, 2.75) is 5.41 Å². The fourth-order valence-electron chi connectivity index (χ4n) is 11.0. The van der Waals surface area contributed by atoms with Gasteiger partial charge in [-0.3, -0.25) is 0 Å². The summed E-state index contributed by atoms with van der Waals surface area (Å²) < 4.78 is 6.89. The van der Waals surface area contributed by atoms with Gasteiger partial charge in [0.1, 0.15) is 11.2 Å². The van der Waals surface area contributed by atoms with Gasteiger partial charge in [0.15, 0.2) is 0 Å². The Bertz CT molecular complexity index is 3750. The zero-order chi connectivity index (χ0) is 44.3. The van der Waals surface area contributed by atoms with Crippen molar-refractivity contribution >= 4 is 49.8 Å². The Morgan fingerprint density at radius 2 is 0.896 bits per heavy atom. The van der Waals surface area contributed by atoms with Crippen molar-refractivity contribution < 1.29 is 4.42 Å². The number of hydrogen-bond donors (Lipinski definition) is 0. The fraction of sp³-hybridized carbons (Fsp3) is 0.0154. The standard InChI is InChI=1S/C65H43NO/c1-4-18-46(19-5-1)55-40-41-61(63-58-30-13-15-33-62(58)67-64(55)63)66(51-36-34-44(35-37-51)47-22-16-23-48(42-47)54-31-17-21-45-20-10-11-28-53(45)54)52-38-39-57-56-29-12-14-32-59(56)65(60(57)43-52,49-24-6-2-7-25-49)50-26-8-3-9-27-50/h1-43H. The Labute approximate surface area is 390 Å². The summed E-state index contributed by atoms with van der Waals surface area (Å²) in [6, 6.07) is 95.0. The molecular formula is C65H43NO. The van der Waals surface area contributed by atoms with Crippen molar-refractivity contribution in [1.29, 1.82) is 0 Å². The molecule has 1 heterocycles. The third-order valence-electron chi connectivity index (χ3n) is 14.0. The second-order valence-electron chi connectivity index (χ2n) is 17.5. The van der Waals surface area contributed by atoms with E-state index in [-0.39, 0.29) is 0 Å². The van der Waals surface area contributed by atoms with Crippen LogP contribution in [0.1, 0.15) is 22.3 Å². The van der Waals surface area contributed by atoms with Crippen LogP contribution >= 0.6 is 0 Å². The summed E-state index contributed by atoms with van der Waals surface area (Å²) in [6.45, 7) is 0. The first-order chi connectivity index (χ1) is 33.2. The van der Waals surface area contributed by atoms with Gasteiger partial charge >= 0.3 is 0 Å². The minimum absolute atomic E-state index is 0.552. The SMILES string of the molecule is c1ccc(-c2ccc(N(c3ccc(-c4cccc(-c5cccc6ccccc56)c4)cc3)c3ccc4c(c3)C(c3ccccc3)(c3ccccc3)c3ccccc3-4)c3c2oc2ccccc23)cc1. The molecule has 0 unspecified atom stereocenters. The second kappa shape index (κ2) is 15.8.